The lowest BCUT2D eigenvalue weighted by molar-refractivity contribution is -0.384. The Balaban J connectivity index is 2.02. The quantitative estimate of drug-likeness (QED) is 0.299. The van der Waals surface area contributed by atoms with Gasteiger partial charge in [-0.05, 0) is 48.7 Å². The number of hydrogen-bond acceptors (Lipinski definition) is 8. The number of methoxy groups -OCH3 is 1. The van der Waals surface area contributed by atoms with E-state index in [0.717, 1.165) is 0 Å². The van der Waals surface area contributed by atoms with Gasteiger partial charge in [-0.1, -0.05) is 13.8 Å². The summed E-state index contributed by atoms with van der Waals surface area (Å²) in [5.41, 5.74) is 0.652. The van der Waals surface area contributed by atoms with Gasteiger partial charge in [-0.3, -0.25) is 19.7 Å². The fraction of sp³-hybridized carbons (Fsp3) is 0.333. The number of aryl methyl sites for hydroxylation is 1. The summed E-state index contributed by atoms with van der Waals surface area (Å²) in [6.45, 7) is 4.17. The number of nitro groups is 1. The zero-order valence-electron chi connectivity index (χ0n) is 18.5. The summed E-state index contributed by atoms with van der Waals surface area (Å²) in [4.78, 5) is 34.9. The summed E-state index contributed by atoms with van der Waals surface area (Å²) in [6, 6.07) is 8.29. The van der Waals surface area contributed by atoms with Gasteiger partial charge in [0.25, 0.3) is 11.6 Å². The highest BCUT2D eigenvalue weighted by molar-refractivity contribution is 7.89. The van der Waals surface area contributed by atoms with Crippen LogP contribution in [0.15, 0.2) is 47.4 Å². The molecule has 0 fully saturated rings. The lowest BCUT2D eigenvalue weighted by Gasteiger charge is -2.21. The molecule has 0 heterocycles. The molecule has 0 aliphatic rings. The molecule has 0 aliphatic carbocycles. The minimum Gasteiger partial charge on any atom is -0.497 e. The Labute approximate surface area is 191 Å². The predicted octanol–water partition coefficient (Wildman–Crippen LogP) is 2.40. The van der Waals surface area contributed by atoms with E-state index in [0.29, 0.717) is 17.0 Å². The Morgan fingerprint density at radius 3 is 2.27 bits per heavy atom. The van der Waals surface area contributed by atoms with Crippen molar-refractivity contribution in [1.82, 2.24) is 4.72 Å². The van der Waals surface area contributed by atoms with Crippen LogP contribution in [0.1, 0.15) is 19.4 Å². The number of anilines is 1. The number of nitrogens with zero attached hydrogens (tertiary/aromatic N) is 1. The highest BCUT2D eigenvalue weighted by Gasteiger charge is 2.30. The van der Waals surface area contributed by atoms with Crippen LogP contribution in [0.2, 0.25) is 0 Å². The minimum atomic E-state index is -4.04. The van der Waals surface area contributed by atoms with Gasteiger partial charge in [0.15, 0.2) is 6.61 Å². The monoisotopic (exact) mass is 479 g/mol. The van der Waals surface area contributed by atoms with E-state index in [1.165, 1.54) is 49.6 Å². The summed E-state index contributed by atoms with van der Waals surface area (Å²) >= 11 is 0. The lowest BCUT2D eigenvalue weighted by atomic mass is 10.1. The Kier molecular flexibility index (Phi) is 8.49. The molecule has 1 atom stereocenters. The van der Waals surface area contributed by atoms with E-state index < -0.39 is 45.4 Å². The van der Waals surface area contributed by atoms with E-state index >= 15 is 0 Å². The molecule has 0 aliphatic heterocycles. The van der Waals surface area contributed by atoms with Crippen molar-refractivity contribution < 1.29 is 32.4 Å². The molecule has 2 aromatic rings. The molecule has 0 saturated carbocycles. The van der Waals surface area contributed by atoms with Crippen molar-refractivity contribution in [3.8, 4) is 5.75 Å². The predicted molar refractivity (Wildman–Crippen MR) is 119 cm³/mol. The maximum atomic E-state index is 12.7. The summed E-state index contributed by atoms with van der Waals surface area (Å²) in [5, 5.41) is 13.3. The average Bonchev–Trinajstić information content (AvgIpc) is 2.77. The maximum absolute atomic E-state index is 12.7. The summed E-state index contributed by atoms with van der Waals surface area (Å²) in [5.74, 6) is -1.59. The van der Waals surface area contributed by atoms with Gasteiger partial charge in [-0.2, -0.15) is 4.72 Å². The summed E-state index contributed by atoms with van der Waals surface area (Å²) < 4.78 is 37.6. The average molecular weight is 480 g/mol. The molecule has 1 amide bonds. The van der Waals surface area contributed by atoms with Crippen LogP contribution in [0.3, 0.4) is 0 Å². The highest BCUT2D eigenvalue weighted by Crippen LogP contribution is 2.21. The Hall–Kier alpha value is -3.51. The number of carbonyl (C=O) groups is 2. The molecule has 11 nitrogen and oxygen atoms in total. The van der Waals surface area contributed by atoms with Gasteiger partial charge >= 0.3 is 5.97 Å². The molecule has 12 heteroatoms. The van der Waals surface area contributed by atoms with Gasteiger partial charge in [0.1, 0.15) is 11.8 Å². The molecule has 178 valence electrons. The summed E-state index contributed by atoms with van der Waals surface area (Å²) in [6.07, 6.45) is 0. The van der Waals surface area contributed by atoms with Crippen molar-refractivity contribution in [1.29, 1.82) is 0 Å². The second kappa shape index (κ2) is 10.9. The van der Waals surface area contributed by atoms with Gasteiger partial charge in [-0.15, -0.1) is 0 Å². The number of amides is 1. The second-order valence-electron chi connectivity index (χ2n) is 7.43. The molecule has 0 bridgehead atoms. The van der Waals surface area contributed by atoms with E-state index in [9.17, 15) is 28.1 Å². The number of nitrogens with one attached hydrogen (secondary N) is 2. The molecule has 33 heavy (non-hydrogen) atoms. The molecule has 2 N–H and O–H groups in total. The van der Waals surface area contributed by atoms with Crippen LogP contribution >= 0.6 is 0 Å². The molecule has 0 aromatic heterocycles. The highest BCUT2D eigenvalue weighted by atomic mass is 32.2. The zero-order chi connectivity index (χ0) is 24.8. The maximum Gasteiger partial charge on any atom is 0.324 e. The Morgan fingerprint density at radius 1 is 1.12 bits per heavy atom. The van der Waals surface area contributed by atoms with Gasteiger partial charge in [0.05, 0.1) is 16.9 Å². The van der Waals surface area contributed by atoms with E-state index in [2.05, 4.69) is 10.0 Å². The van der Waals surface area contributed by atoms with E-state index in [4.69, 9.17) is 9.47 Å². The van der Waals surface area contributed by atoms with Crippen molar-refractivity contribution in [2.24, 2.45) is 5.92 Å². The van der Waals surface area contributed by atoms with Crippen LogP contribution in [0.4, 0.5) is 11.4 Å². The van der Waals surface area contributed by atoms with Crippen molar-refractivity contribution in [2.75, 3.05) is 19.0 Å². The third kappa shape index (κ3) is 6.99. The Bertz CT molecular complexity index is 1130. The minimum absolute atomic E-state index is 0.0619. The number of rotatable bonds is 10. The Morgan fingerprint density at radius 2 is 1.76 bits per heavy atom. The first-order valence-electron chi connectivity index (χ1n) is 9.82. The molecule has 1 unspecified atom stereocenters. The molecule has 0 radical (unpaired) electrons. The smallest absolute Gasteiger partial charge is 0.324 e. The van der Waals surface area contributed by atoms with Crippen LogP contribution in [0, 0.1) is 23.0 Å². The standard InChI is InChI=1S/C21H25N3O8S/c1-13(2)20(23-33(29,30)17-8-6-16(31-4)7-9-17)21(26)32-12-19(25)22-18-10-5-15(24(27)28)11-14(18)3/h5-11,13,20,23H,12H2,1-4H3,(H,22,25). The van der Waals surface area contributed by atoms with Crippen LogP contribution in [0.25, 0.3) is 0 Å². The molecule has 0 spiro atoms. The first-order valence-corrected chi connectivity index (χ1v) is 11.3. The fourth-order valence-corrected chi connectivity index (χ4v) is 4.09. The van der Waals surface area contributed by atoms with Crippen LogP contribution < -0.4 is 14.8 Å². The number of benzene rings is 2. The first-order chi connectivity index (χ1) is 15.4. The topological polar surface area (TPSA) is 154 Å². The van der Waals surface area contributed by atoms with Gasteiger partial charge in [-0.25, -0.2) is 8.42 Å². The summed E-state index contributed by atoms with van der Waals surface area (Å²) in [7, 11) is -2.59. The normalized spacial score (nSPS) is 12.2. The van der Waals surface area contributed by atoms with Gasteiger partial charge in [0.2, 0.25) is 10.0 Å². The van der Waals surface area contributed by atoms with Crippen LogP contribution in [-0.2, 0) is 24.3 Å². The van der Waals surface area contributed by atoms with Gasteiger partial charge < -0.3 is 14.8 Å². The number of sulfonamides is 1. The third-order valence-corrected chi connectivity index (χ3v) is 6.07. The second-order valence-corrected chi connectivity index (χ2v) is 9.14. The molecule has 0 saturated heterocycles. The number of non-ortho nitro benzene ring substituents is 1. The van der Waals surface area contributed by atoms with E-state index in [1.807, 2.05) is 0 Å². The van der Waals surface area contributed by atoms with Crippen LogP contribution in [-0.4, -0.2) is 45.0 Å². The third-order valence-electron chi connectivity index (χ3n) is 4.61. The van der Waals surface area contributed by atoms with Crippen LogP contribution in [0.5, 0.6) is 5.75 Å². The van der Waals surface area contributed by atoms with Crippen molar-refractivity contribution >= 4 is 33.3 Å². The van der Waals surface area contributed by atoms with Gasteiger partial charge in [0, 0.05) is 17.8 Å². The fourth-order valence-electron chi connectivity index (χ4n) is 2.76. The largest absolute Gasteiger partial charge is 0.497 e. The first kappa shape index (κ1) is 25.7. The van der Waals surface area contributed by atoms with Crippen molar-refractivity contribution in [3.63, 3.8) is 0 Å². The number of hydrogen-bond donors (Lipinski definition) is 2. The lowest BCUT2D eigenvalue weighted by Crippen LogP contribution is -2.45. The molecular weight excluding hydrogens is 454 g/mol. The van der Waals surface area contributed by atoms with E-state index in [-0.39, 0.29) is 10.6 Å². The zero-order valence-corrected chi connectivity index (χ0v) is 19.3. The molecule has 2 aromatic carbocycles. The number of ether oxygens (including phenoxy) is 2. The SMILES string of the molecule is COc1ccc(S(=O)(=O)NC(C(=O)OCC(=O)Nc2ccc([N+](=O)[O-])cc2C)C(C)C)cc1. The van der Waals surface area contributed by atoms with Crippen molar-refractivity contribution in [2.45, 2.75) is 31.7 Å². The van der Waals surface area contributed by atoms with E-state index in [1.54, 1.807) is 20.8 Å². The van der Waals surface area contributed by atoms with Crippen molar-refractivity contribution in [3.05, 3.63) is 58.1 Å². The number of nitro benzene ring substituents is 1. The number of carbonyl (C=O) groups excluding carboxylic acids is 2. The number of esters is 1. The molecular formula is C21H25N3O8S. The molecule has 2 rings (SSSR count).